The molecule has 0 aliphatic rings. The fourth-order valence-electron chi connectivity index (χ4n) is 0. The Kier molecular flexibility index (Phi) is 1.71. The van der Waals surface area contributed by atoms with E-state index in [-0.39, 0.29) is 0 Å². The van der Waals surface area contributed by atoms with E-state index in [1.807, 2.05) is 0 Å². The third-order valence-corrected chi connectivity index (χ3v) is 0.424. The predicted molar refractivity (Wildman–Crippen MR) is 20.0 cm³/mol. The van der Waals surface area contributed by atoms with Crippen molar-refractivity contribution in [2.75, 3.05) is 0 Å². The normalized spacial score (nSPS) is 12.9. The van der Waals surface area contributed by atoms with E-state index in [9.17, 15) is 0 Å². The summed E-state index contributed by atoms with van der Waals surface area (Å²) in [6.07, 6.45) is -1.40. The van der Waals surface area contributed by atoms with Gasteiger partial charge in [0.1, 0.15) is 0 Å². The molecule has 0 atom stereocenters. The molecule has 0 fully saturated rings. The van der Waals surface area contributed by atoms with Crippen molar-refractivity contribution in [1.29, 1.82) is 0 Å². The first-order valence-electron chi connectivity index (χ1n) is 1.64. The first-order valence-corrected chi connectivity index (χ1v) is 1.64. The number of hydrogen-bond donors (Lipinski definition) is 4. The zero-order valence-corrected chi connectivity index (χ0v) is 3.79. The van der Waals surface area contributed by atoms with Gasteiger partial charge in [0.05, 0.1) is 0 Å². The Labute approximate surface area is 40.6 Å². The van der Waals surface area contributed by atoms with E-state index in [2.05, 4.69) is 0 Å². The highest BCUT2D eigenvalue weighted by Crippen LogP contribution is 2.06. The number of aliphatic hydroxyl groups excluding tert-OH is 1. The van der Waals surface area contributed by atoms with Crippen LogP contribution in [0.2, 0.25) is 0 Å². The van der Waals surface area contributed by atoms with Crippen LogP contribution >= 0.6 is 0 Å². The summed E-state index contributed by atoms with van der Waals surface area (Å²) >= 11 is 0. The molecule has 4 heteroatoms. The largest absolute Gasteiger partial charge is 0.361 e. The van der Waals surface area contributed by atoms with Crippen LogP contribution in [0, 0.1) is 6.29 Å². The van der Waals surface area contributed by atoms with Gasteiger partial charge in [-0.3, -0.25) is 0 Å². The highest BCUT2D eigenvalue weighted by molar-refractivity contribution is 4.73. The monoisotopic (exact) mass is 107 g/mol. The van der Waals surface area contributed by atoms with Crippen LogP contribution in [0.5, 0.6) is 0 Å². The molecule has 4 nitrogen and oxygen atoms in total. The van der Waals surface area contributed by atoms with Gasteiger partial charge in [0, 0.05) is 0 Å². The lowest BCUT2D eigenvalue weighted by molar-refractivity contribution is -0.214. The molecule has 43 valence electrons. The van der Waals surface area contributed by atoms with Crippen molar-refractivity contribution in [3.63, 3.8) is 0 Å². The van der Waals surface area contributed by atoms with Gasteiger partial charge in [-0.15, -0.1) is 0 Å². The van der Waals surface area contributed by atoms with Crippen LogP contribution in [0.25, 0.3) is 0 Å². The lowest BCUT2D eigenvalue weighted by atomic mass is 10.3. The van der Waals surface area contributed by atoms with Gasteiger partial charge in [-0.1, -0.05) is 0 Å². The first kappa shape index (κ1) is 6.84. The third kappa shape index (κ3) is 2.52. The molecule has 0 aromatic rings. The van der Waals surface area contributed by atoms with Crippen LogP contribution in [0.3, 0.4) is 0 Å². The van der Waals surface area contributed by atoms with Gasteiger partial charge in [-0.05, 0) is 6.92 Å². The van der Waals surface area contributed by atoms with E-state index in [4.69, 9.17) is 20.4 Å². The van der Waals surface area contributed by atoms with Gasteiger partial charge in [-0.25, -0.2) is 0 Å². The third-order valence-electron chi connectivity index (χ3n) is 0.424. The second kappa shape index (κ2) is 1.75. The van der Waals surface area contributed by atoms with Crippen molar-refractivity contribution in [2.24, 2.45) is 0 Å². The quantitative estimate of drug-likeness (QED) is 0.321. The van der Waals surface area contributed by atoms with Gasteiger partial charge < -0.3 is 20.4 Å². The Morgan fingerprint density at radius 1 is 1.29 bits per heavy atom. The van der Waals surface area contributed by atoms with Crippen LogP contribution in [-0.4, -0.2) is 26.2 Å². The number of aliphatic hydroxyl groups is 4. The maximum Gasteiger partial charge on any atom is 0.279 e. The molecule has 0 bridgehead atoms. The summed E-state index contributed by atoms with van der Waals surface area (Å²) in [5.41, 5.74) is 0. The van der Waals surface area contributed by atoms with Gasteiger partial charge in [0.15, 0.2) is 0 Å². The minimum atomic E-state index is -2.47. The molecule has 0 saturated heterocycles. The molecule has 0 amide bonds. The summed E-state index contributed by atoms with van der Waals surface area (Å²) in [5, 5.41) is 31.9. The van der Waals surface area contributed by atoms with Crippen LogP contribution in [0.4, 0.5) is 0 Å². The van der Waals surface area contributed by atoms with Crippen LogP contribution in [0.15, 0.2) is 0 Å². The number of hydrogen-bond acceptors (Lipinski definition) is 4. The van der Waals surface area contributed by atoms with Crippen molar-refractivity contribution in [3.8, 4) is 0 Å². The van der Waals surface area contributed by atoms with E-state index in [0.717, 1.165) is 6.92 Å². The molecule has 1 radical (unpaired) electrons. The van der Waals surface area contributed by atoms with Crippen LogP contribution in [-0.2, 0) is 0 Å². The molecule has 0 aromatic heterocycles. The molecular weight excluding hydrogens is 100 g/mol. The maximum absolute atomic E-state index is 8.11. The summed E-state index contributed by atoms with van der Waals surface area (Å²) in [4.78, 5) is 0. The molecule has 0 aliphatic heterocycles. The smallest absolute Gasteiger partial charge is 0.279 e. The molecule has 7 heavy (non-hydrogen) atoms. The Balaban J connectivity index is 3.54. The average Bonchev–Trinajstić information content (AvgIpc) is 1.31. The molecule has 0 aromatic carbocycles. The highest BCUT2D eigenvalue weighted by atomic mass is 16.6. The SMILES string of the molecule is CC(O)(O)[C](O)O. The summed E-state index contributed by atoms with van der Waals surface area (Å²) in [7, 11) is 0. The Morgan fingerprint density at radius 3 is 1.43 bits per heavy atom. The number of rotatable bonds is 1. The van der Waals surface area contributed by atoms with Crippen molar-refractivity contribution < 1.29 is 20.4 Å². The molecule has 0 saturated carbocycles. The Bertz CT molecular complexity index is 52.4. The molecular formula is C3H7O4. The van der Waals surface area contributed by atoms with E-state index < -0.39 is 12.1 Å². The van der Waals surface area contributed by atoms with Gasteiger partial charge >= 0.3 is 0 Å². The average molecular weight is 107 g/mol. The van der Waals surface area contributed by atoms with Crippen molar-refractivity contribution in [2.45, 2.75) is 12.7 Å². The molecule has 0 unspecified atom stereocenters. The van der Waals surface area contributed by atoms with E-state index in [1.165, 1.54) is 0 Å². The maximum atomic E-state index is 8.11. The van der Waals surface area contributed by atoms with Gasteiger partial charge in [-0.2, -0.15) is 0 Å². The topological polar surface area (TPSA) is 80.9 Å². The summed E-state index contributed by atoms with van der Waals surface area (Å²) < 4.78 is 0. The molecule has 0 aliphatic carbocycles. The Morgan fingerprint density at radius 2 is 1.43 bits per heavy atom. The van der Waals surface area contributed by atoms with Crippen molar-refractivity contribution in [3.05, 3.63) is 6.29 Å². The van der Waals surface area contributed by atoms with E-state index >= 15 is 0 Å². The van der Waals surface area contributed by atoms with E-state index in [0.29, 0.717) is 0 Å². The fraction of sp³-hybridized carbons (Fsp3) is 0.667. The predicted octanol–water partition coefficient (Wildman–Crippen LogP) is -1.08. The van der Waals surface area contributed by atoms with Crippen molar-refractivity contribution in [1.82, 2.24) is 0 Å². The zero-order chi connectivity index (χ0) is 6.08. The molecule has 0 spiro atoms. The molecule has 0 heterocycles. The van der Waals surface area contributed by atoms with Gasteiger partial charge in [0.25, 0.3) is 6.29 Å². The minimum absolute atomic E-state index is 0.836. The first-order chi connectivity index (χ1) is 2.94. The second-order valence-corrected chi connectivity index (χ2v) is 1.34. The van der Waals surface area contributed by atoms with Crippen LogP contribution in [0.1, 0.15) is 6.92 Å². The van der Waals surface area contributed by atoms with Gasteiger partial charge in [0.2, 0.25) is 5.79 Å². The standard InChI is InChI=1S/C3H7O4/c1-3(6,7)2(4)5/h4-7H,1H3. The fourth-order valence-corrected chi connectivity index (χ4v) is 0. The lowest BCUT2D eigenvalue weighted by Crippen LogP contribution is -2.31. The summed E-state index contributed by atoms with van der Waals surface area (Å²) in [6, 6.07) is 0. The van der Waals surface area contributed by atoms with Crippen molar-refractivity contribution >= 4 is 0 Å². The Hall–Kier alpha value is -0.160. The molecule has 4 N–H and O–H groups in total. The zero-order valence-electron chi connectivity index (χ0n) is 3.79. The van der Waals surface area contributed by atoms with Crippen LogP contribution < -0.4 is 0 Å². The van der Waals surface area contributed by atoms with E-state index in [1.54, 1.807) is 0 Å². The second-order valence-electron chi connectivity index (χ2n) is 1.34. The highest BCUT2D eigenvalue weighted by Gasteiger charge is 2.26. The summed E-state index contributed by atoms with van der Waals surface area (Å²) in [5.74, 6) is -2.47. The molecule has 0 rings (SSSR count). The minimum Gasteiger partial charge on any atom is -0.361 e. The summed E-state index contributed by atoms with van der Waals surface area (Å²) in [6.45, 7) is 0.836. The lowest BCUT2D eigenvalue weighted by Gasteiger charge is -2.14.